The molecule has 0 aliphatic carbocycles. The number of amides is 1. The zero-order valence-corrected chi connectivity index (χ0v) is 12.4. The fourth-order valence-corrected chi connectivity index (χ4v) is 2.98. The number of nitrogens with zero attached hydrogens (tertiary/aromatic N) is 1. The van der Waals surface area contributed by atoms with Crippen molar-refractivity contribution in [2.45, 2.75) is 6.42 Å². The third-order valence-corrected chi connectivity index (χ3v) is 4.20. The maximum Gasteiger partial charge on any atom is 0.258 e. The molecule has 1 amide bonds. The first kappa shape index (κ1) is 12.7. The summed E-state index contributed by atoms with van der Waals surface area (Å²) in [5, 5.41) is 0.629. The summed E-state index contributed by atoms with van der Waals surface area (Å²) in [6, 6.07) is 13.2. The molecule has 0 saturated heterocycles. The molecule has 1 aliphatic heterocycles. The number of hydrogen-bond donors (Lipinski definition) is 0. The monoisotopic (exact) mass is 335 g/mol. The number of fused-ring (bicyclic) bond motifs is 1. The van der Waals surface area contributed by atoms with Crippen LogP contribution in [0.2, 0.25) is 5.02 Å². The molecule has 0 saturated carbocycles. The predicted molar refractivity (Wildman–Crippen MR) is 81.0 cm³/mol. The number of hydrogen-bond acceptors (Lipinski definition) is 1. The van der Waals surface area contributed by atoms with Crippen molar-refractivity contribution < 1.29 is 4.79 Å². The lowest BCUT2D eigenvalue weighted by atomic mass is 9.99. The Morgan fingerprint density at radius 2 is 1.95 bits per heavy atom. The number of benzene rings is 2. The van der Waals surface area contributed by atoms with Gasteiger partial charge in [-0.2, -0.15) is 0 Å². The number of carbonyl (C=O) groups excluding carboxylic acids is 1. The third-order valence-electron chi connectivity index (χ3n) is 3.30. The van der Waals surface area contributed by atoms with E-state index >= 15 is 0 Å². The molecular formula is C15H11BrClNO. The molecule has 3 rings (SSSR count). The molecule has 1 aliphatic rings. The summed E-state index contributed by atoms with van der Waals surface area (Å²) >= 11 is 9.51. The van der Waals surface area contributed by atoms with Gasteiger partial charge in [0.05, 0.1) is 5.69 Å². The molecule has 0 spiro atoms. The lowest BCUT2D eigenvalue weighted by Crippen LogP contribution is -2.37. The lowest BCUT2D eigenvalue weighted by Gasteiger charge is -2.29. The van der Waals surface area contributed by atoms with Crippen molar-refractivity contribution in [3.63, 3.8) is 0 Å². The number of anilines is 1. The van der Waals surface area contributed by atoms with Crippen LogP contribution < -0.4 is 4.90 Å². The molecule has 0 radical (unpaired) electrons. The Bertz CT molecular complexity index is 656. The molecule has 19 heavy (non-hydrogen) atoms. The standard InChI is InChI=1S/C15H11BrClNO/c16-13-6-5-11(17)9-14(13)18-8-7-10-3-1-2-4-12(10)15(18)19/h1-6,9H,7-8H2. The summed E-state index contributed by atoms with van der Waals surface area (Å²) in [4.78, 5) is 14.3. The second kappa shape index (κ2) is 4.99. The molecule has 4 heteroatoms. The molecule has 2 aromatic rings. The molecule has 96 valence electrons. The van der Waals surface area contributed by atoms with Crippen molar-refractivity contribution in [1.82, 2.24) is 0 Å². The highest BCUT2D eigenvalue weighted by Crippen LogP contribution is 2.32. The van der Waals surface area contributed by atoms with E-state index in [4.69, 9.17) is 11.6 Å². The summed E-state index contributed by atoms with van der Waals surface area (Å²) in [7, 11) is 0. The van der Waals surface area contributed by atoms with Crippen LogP contribution in [0.5, 0.6) is 0 Å². The van der Waals surface area contributed by atoms with Crippen LogP contribution in [0.4, 0.5) is 5.69 Å². The van der Waals surface area contributed by atoms with Crippen molar-refractivity contribution >= 4 is 39.1 Å². The predicted octanol–water partition coefficient (Wildman–Crippen LogP) is 4.31. The van der Waals surface area contributed by atoms with Gasteiger partial charge in [0.25, 0.3) is 5.91 Å². The van der Waals surface area contributed by atoms with Gasteiger partial charge in [-0.15, -0.1) is 0 Å². The van der Waals surface area contributed by atoms with E-state index in [0.29, 0.717) is 11.6 Å². The van der Waals surface area contributed by atoms with Gasteiger partial charge in [-0.3, -0.25) is 4.79 Å². The van der Waals surface area contributed by atoms with Gasteiger partial charge in [0, 0.05) is 21.6 Å². The summed E-state index contributed by atoms with van der Waals surface area (Å²) in [6.45, 7) is 0.675. The Labute approximate surface area is 125 Å². The molecule has 1 heterocycles. The second-order valence-corrected chi connectivity index (χ2v) is 5.75. The third kappa shape index (κ3) is 2.28. The average Bonchev–Trinajstić information content (AvgIpc) is 2.43. The Morgan fingerprint density at radius 3 is 2.79 bits per heavy atom. The first-order valence-corrected chi connectivity index (χ1v) is 7.19. The highest BCUT2D eigenvalue weighted by molar-refractivity contribution is 9.10. The van der Waals surface area contributed by atoms with Crippen molar-refractivity contribution in [1.29, 1.82) is 0 Å². The SMILES string of the molecule is O=C1c2ccccc2CCN1c1cc(Cl)ccc1Br. The summed E-state index contributed by atoms with van der Waals surface area (Å²) in [6.07, 6.45) is 0.862. The fraction of sp³-hybridized carbons (Fsp3) is 0.133. The minimum atomic E-state index is 0.0322. The molecule has 0 bridgehead atoms. The van der Waals surface area contributed by atoms with Gasteiger partial charge in [-0.25, -0.2) is 0 Å². The van der Waals surface area contributed by atoms with E-state index in [1.807, 2.05) is 36.4 Å². The Morgan fingerprint density at radius 1 is 1.16 bits per heavy atom. The summed E-state index contributed by atoms with van der Waals surface area (Å²) in [5.41, 5.74) is 2.72. The van der Waals surface area contributed by atoms with Crippen LogP contribution in [0.3, 0.4) is 0 Å². The van der Waals surface area contributed by atoms with Crippen molar-refractivity contribution in [2.75, 3.05) is 11.4 Å². The van der Waals surface area contributed by atoms with Gasteiger partial charge >= 0.3 is 0 Å². The van der Waals surface area contributed by atoms with Crippen LogP contribution in [-0.2, 0) is 6.42 Å². The van der Waals surface area contributed by atoms with Gasteiger partial charge in [0.2, 0.25) is 0 Å². The van der Waals surface area contributed by atoms with Crippen molar-refractivity contribution in [3.8, 4) is 0 Å². The van der Waals surface area contributed by atoms with Crippen LogP contribution in [0.15, 0.2) is 46.9 Å². The Balaban J connectivity index is 2.05. The maximum absolute atomic E-state index is 12.5. The lowest BCUT2D eigenvalue weighted by molar-refractivity contribution is 0.0980. The van der Waals surface area contributed by atoms with Crippen LogP contribution in [0, 0.1) is 0 Å². The van der Waals surface area contributed by atoms with Gasteiger partial charge in [0.15, 0.2) is 0 Å². The van der Waals surface area contributed by atoms with Crippen LogP contribution in [0.25, 0.3) is 0 Å². The van der Waals surface area contributed by atoms with Gasteiger partial charge in [-0.1, -0.05) is 29.8 Å². The zero-order valence-electron chi connectivity index (χ0n) is 10.1. The maximum atomic E-state index is 12.5. The van der Waals surface area contributed by atoms with Crippen LogP contribution in [0.1, 0.15) is 15.9 Å². The average molecular weight is 337 g/mol. The fourth-order valence-electron chi connectivity index (χ4n) is 2.35. The summed E-state index contributed by atoms with van der Waals surface area (Å²) < 4.78 is 0.879. The number of rotatable bonds is 1. The molecule has 0 atom stereocenters. The minimum Gasteiger partial charge on any atom is -0.307 e. The van der Waals surface area contributed by atoms with E-state index < -0.39 is 0 Å². The molecular weight excluding hydrogens is 326 g/mol. The quantitative estimate of drug-likeness (QED) is 0.760. The normalized spacial score (nSPS) is 14.4. The minimum absolute atomic E-state index is 0.0322. The number of halogens is 2. The second-order valence-electron chi connectivity index (χ2n) is 4.46. The van der Waals surface area contributed by atoms with Gasteiger partial charge in [-0.05, 0) is 52.2 Å². The highest BCUT2D eigenvalue weighted by atomic mass is 79.9. The van der Waals surface area contributed by atoms with Crippen molar-refractivity contribution in [3.05, 3.63) is 63.1 Å². The van der Waals surface area contributed by atoms with E-state index in [0.717, 1.165) is 27.7 Å². The van der Waals surface area contributed by atoms with E-state index in [2.05, 4.69) is 15.9 Å². The van der Waals surface area contributed by atoms with E-state index in [-0.39, 0.29) is 5.91 Å². The van der Waals surface area contributed by atoms with Crippen LogP contribution >= 0.6 is 27.5 Å². The first-order valence-electron chi connectivity index (χ1n) is 6.01. The van der Waals surface area contributed by atoms with Crippen molar-refractivity contribution in [2.24, 2.45) is 0 Å². The van der Waals surface area contributed by atoms with Crippen LogP contribution in [-0.4, -0.2) is 12.5 Å². The molecule has 0 N–H and O–H groups in total. The van der Waals surface area contributed by atoms with Gasteiger partial charge < -0.3 is 4.90 Å². The van der Waals surface area contributed by atoms with E-state index in [1.165, 1.54) is 0 Å². The zero-order chi connectivity index (χ0) is 13.4. The molecule has 0 fully saturated rings. The molecule has 0 unspecified atom stereocenters. The molecule has 0 aromatic heterocycles. The summed E-state index contributed by atoms with van der Waals surface area (Å²) in [5.74, 6) is 0.0322. The highest BCUT2D eigenvalue weighted by Gasteiger charge is 2.26. The largest absolute Gasteiger partial charge is 0.307 e. The molecule has 2 aromatic carbocycles. The van der Waals surface area contributed by atoms with E-state index in [9.17, 15) is 4.79 Å². The first-order chi connectivity index (χ1) is 9.16. The smallest absolute Gasteiger partial charge is 0.258 e. The molecule has 2 nitrogen and oxygen atoms in total. The van der Waals surface area contributed by atoms with Gasteiger partial charge in [0.1, 0.15) is 0 Å². The Kier molecular flexibility index (Phi) is 3.33. The van der Waals surface area contributed by atoms with E-state index in [1.54, 1.807) is 11.0 Å². The number of carbonyl (C=O) groups is 1. The topological polar surface area (TPSA) is 20.3 Å². The Hall–Kier alpha value is -1.32.